The van der Waals surface area contributed by atoms with E-state index >= 15 is 0 Å². The van der Waals surface area contributed by atoms with Gasteiger partial charge >= 0.3 is 0 Å². The van der Waals surface area contributed by atoms with Gasteiger partial charge in [-0.3, -0.25) is 9.88 Å². The van der Waals surface area contributed by atoms with E-state index in [1.165, 1.54) is 9.13 Å². The highest BCUT2D eigenvalue weighted by Gasteiger charge is 2.27. The van der Waals surface area contributed by atoms with Gasteiger partial charge in [0.1, 0.15) is 6.20 Å². The molecule has 1 atom stereocenters. The van der Waals surface area contributed by atoms with Crippen LogP contribution in [0.5, 0.6) is 0 Å². The summed E-state index contributed by atoms with van der Waals surface area (Å²) in [7, 11) is 0. The molecule has 1 aromatic heterocycles. The average Bonchev–Trinajstić information content (AvgIpc) is 2.85. The lowest BCUT2D eigenvalue weighted by molar-refractivity contribution is 0.0286. The van der Waals surface area contributed by atoms with Crippen LogP contribution in [-0.4, -0.2) is 23.0 Å². The second-order valence-electron chi connectivity index (χ2n) is 4.40. The maximum atomic E-state index is 8.67. The van der Waals surface area contributed by atoms with Crippen molar-refractivity contribution in [1.29, 1.82) is 0 Å². The number of halogens is 1. The number of rotatable bonds is 3. The molecule has 0 radical (unpaired) electrons. The maximum Gasteiger partial charge on any atom is 0.137 e. The molecule has 3 rings (SSSR count). The van der Waals surface area contributed by atoms with E-state index in [4.69, 9.17) is 6.11 Å². The summed E-state index contributed by atoms with van der Waals surface area (Å²) in [5, 5.41) is 0. The van der Waals surface area contributed by atoms with Gasteiger partial charge in [0.25, 0.3) is 0 Å². The number of hydrogen-bond donors (Lipinski definition) is 0. The molecule has 1 unspecified atom stereocenters. The zero-order chi connectivity index (χ0) is 14.0. The topological polar surface area (TPSA) is 25.4 Å². The number of pyridine rings is 1. The zero-order valence-electron chi connectivity index (χ0n) is 11.4. The fourth-order valence-electron chi connectivity index (χ4n) is 2.19. The van der Waals surface area contributed by atoms with E-state index in [1.54, 1.807) is 12.4 Å². The van der Waals surface area contributed by atoms with Crippen molar-refractivity contribution >= 4 is 22.6 Å². The Morgan fingerprint density at radius 1 is 1.32 bits per heavy atom. The third-order valence-corrected chi connectivity index (χ3v) is 4.19. The van der Waals surface area contributed by atoms with Crippen LogP contribution >= 0.6 is 22.6 Å². The molecular weight excluding hydrogens is 351 g/mol. The van der Waals surface area contributed by atoms with E-state index in [9.17, 15) is 0 Å². The number of hydrogen-bond acceptors (Lipinski definition) is 3. The van der Waals surface area contributed by atoms with Crippen LogP contribution in [0.25, 0.3) is 0 Å². The standard InChI is InChI=1S/C15H15IN2O/c16-14-4-2-1-3-13(14)11-18-9-10-19-15(18)12-5-7-17-8-6-12/h1-8,15H,9-11H2/i15D. The zero-order valence-corrected chi connectivity index (χ0v) is 12.6. The number of aromatic nitrogens is 1. The largest absolute Gasteiger partial charge is 0.357 e. The highest BCUT2D eigenvalue weighted by molar-refractivity contribution is 14.1. The minimum Gasteiger partial charge on any atom is -0.357 e. The lowest BCUT2D eigenvalue weighted by atomic mass is 10.2. The monoisotopic (exact) mass is 367 g/mol. The Morgan fingerprint density at radius 3 is 2.89 bits per heavy atom. The molecule has 1 aromatic carbocycles. The van der Waals surface area contributed by atoms with Gasteiger partial charge in [-0.15, -0.1) is 0 Å². The van der Waals surface area contributed by atoms with E-state index in [0.29, 0.717) is 13.2 Å². The fraction of sp³-hybridized carbons (Fsp3) is 0.267. The van der Waals surface area contributed by atoms with Crippen LogP contribution < -0.4 is 0 Å². The van der Waals surface area contributed by atoms with Gasteiger partial charge < -0.3 is 4.74 Å². The molecule has 19 heavy (non-hydrogen) atoms. The normalized spacial score (nSPS) is 24.4. The lowest BCUT2D eigenvalue weighted by Gasteiger charge is -2.23. The minimum absolute atomic E-state index is 0.579. The predicted octanol–water partition coefficient (Wildman–Crippen LogP) is 3.22. The van der Waals surface area contributed by atoms with Crippen molar-refractivity contribution in [3.8, 4) is 0 Å². The Labute approximate surface area is 128 Å². The summed E-state index contributed by atoms with van der Waals surface area (Å²) in [6, 6.07) is 12.0. The summed E-state index contributed by atoms with van der Waals surface area (Å²) in [4.78, 5) is 6.07. The first-order chi connectivity index (χ1) is 9.70. The van der Waals surface area contributed by atoms with Crippen LogP contribution in [0.3, 0.4) is 0 Å². The maximum absolute atomic E-state index is 8.67. The first-order valence-electron chi connectivity index (χ1n) is 6.73. The van der Waals surface area contributed by atoms with Gasteiger partial charge in [0, 0.05) is 29.1 Å². The second-order valence-corrected chi connectivity index (χ2v) is 5.56. The summed E-state index contributed by atoms with van der Waals surface area (Å²) in [5.41, 5.74) is 2.06. The minimum atomic E-state index is -1.11. The van der Waals surface area contributed by atoms with Gasteiger partial charge in [0.15, 0.2) is 0 Å². The summed E-state index contributed by atoms with van der Waals surface area (Å²) in [5.74, 6) is 0. The highest BCUT2D eigenvalue weighted by atomic mass is 127. The average molecular weight is 367 g/mol. The molecule has 2 aromatic rings. The lowest BCUT2D eigenvalue weighted by Crippen LogP contribution is -2.23. The Bertz CT molecular complexity index is 595. The van der Waals surface area contributed by atoms with E-state index < -0.39 is 6.20 Å². The van der Waals surface area contributed by atoms with Crippen LogP contribution in [0, 0.1) is 3.57 Å². The molecule has 0 aliphatic carbocycles. The van der Waals surface area contributed by atoms with Gasteiger partial charge in [0.05, 0.1) is 7.98 Å². The van der Waals surface area contributed by atoms with Crippen LogP contribution in [0.15, 0.2) is 48.8 Å². The van der Waals surface area contributed by atoms with Crippen molar-refractivity contribution in [1.82, 2.24) is 9.88 Å². The van der Waals surface area contributed by atoms with Crippen molar-refractivity contribution in [2.75, 3.05) is 13.2 Å². The third-order valence-electron chi connectivity index (χ3n) is 3.13. The molecule has 2 heterocycles. The molecule has 1 saturated heterocycles. The first-order valence-corrected chi connectivity index (χ1v) is 7.31. The first kappa shape index (κ1) is 11.8. The van der Waals surface area contributed by atoms with Crippen LogP contribution in [0.2, 0.25) is 0 Å². The molecule has 1 aliphatic rings. The molecule has 0 N–H and O–H groups in total. The Hall–Kier alpha value is -0.980. The molecule has 4 heteroatoms. The smallest absolute Gasteiger partial charge is 0.137 e. The van der Waals surface area contributed by atoms with Gasteiger partial charge in [0.2, 0.25) is 0 Å². The van der Waals surface area contributed by atoms with Gasteiger partial charge in [-0.05, 0) is 51.9 Å². The predicted molar refractivity (Wildman–Crippen MR) is 82.5 cm³/mol. The van der Waals surface area contributed by atoms with E-state index in [-0.39, 0.29) is 0 Å². The molecule has 0 spiro atoms. The molecular formula is C15H15IN2O. The Morgan fingerprint density at radius 2 is 2.11 bits per heavy atom. The summed E-state index contributed by atoms with van der Waals surface area (Å²) in [6.07, 6.45) is 2.30. The summed E-state index contributed by atoms with van der Waals surface area (Å²) < 4.78 is 15.6. The Kier molecular flexibility index (Phi) is 3.72. The summed E-state index contributed by atoms with van der Waals surface area (Å²) in [6.45, 7) is 2.05. The molecule has 0 amide bonds. The number of ether oxygens (including phenoxy) is 1. The van der Waals surface area contributed by atoms with E-state index in [1.807, 2.05) is 24.3 Å². The van der Waals surface area contributed by atoms with Crippen molar-refractivity contribution in [3.63, 3.8) is 0 Å². The van der Waals surface area contributed by atoms with Gasteiger partial charge in [-0.1, -0.05) is 18.2 Å². The van der Waals surface area contributed by atoms with Crippen LogP contribution in [0.1, 0.15) is 18.7 Å². The molecule has 1 fully saturated rings. The quantitative estimate of drug-likeness (QED) is 0.779. The van der Waals surface area contributed by atoms with Crippen molar-refractivity contribution in [2.45, 2.75) is 12.7 Å². The Balaban J connectivity index is 1.88. The fourth-order valence-corrected chi connectivity index (χ4v) is 2.75. The van der Waals surface area contributed by atoms with Crippen LogP contribution in [0.4, 0.5) is 0 Å². The molecule has 98 valence electrons. The van der Waals surface area contributed by atoms with Crippen LogP contribution in [-0.2, 0) is 11.3 Å². The van der Waals surface area contributed by atoms with E-state index in [0.717, 1.165) is 12.1 Å². The highest BCUT2D eigenvalue weighted by Crippen LogP contribution is 2.28. The van der Waals surface area contributed by atoms with Crippen molar-refractivity contribution < 1.29 is 6.11 Å². The molecule has 3 nitrogen and oxygen atoms in total. The molecule has 0 bridgehead atoms. The van der Waals surface area contributed by atoms with Gasteiger partial charge in [-0.25, -0.2) is 0 Å². The molecule has 1 aliphatic heterocycles. The summed E-state index contributed by atoms with van der Waals surface area (Å²) >= 11 is 2.33. The second kappa shape index (κ2) is 5.98. The number of benzene rings is 1. The van der Waals surface area contributed by atoms with Crippen molar-refractivity contribution in [3.05, 3.63) is 63.5 Å². The third kappa shape index (κ3) is 2.96. The van der Waals surface area contributed by atoms with Crippen molar-refractivity contribution in [2.24, 2.45) is 0 Å². The SMILES string of the molecule is [2H]C1(c2ccncc2)OCCN1Cc1ccccc1I. The van der Waals surface area contributed by atoms with Gasteiger partial charge in [-0.2, -0.15) is 0 Å². The number of nitrogens with zero attached hydrogens (tertiary/aromatic N) is 2. The molecule has 0 saturated carbocycles. The van der Waals surface area contributed by atoms with E-state index in [2.05, 4.69) is 44.6 Å².